The van der Waals surface area contributed by atoms with Gasteiger partial charge >= 0.3 is 5.97 Å². The number of sulfonamides is 1. The molecule has 3 aliphatic carbocycles. The van der Waals surface area contributed by atoms with Gasteiger partial charge in [-0.15, -0.1) is 6.58 Å². The van der Waals surface area contributed by atoms with Crippen molar-refractivity contribution >= 4 is 50.4 Å². The van der Waals surface area contributed by atoms with Crippen LogP contribution in [-0.4, -0.2) is 72.4 Å². The van der Waals surface area contributed by atoms with Gasteiger partial charge in [-0.2, -0.15) is 0 Å². The predicted molar refractivity (Wildman–Crippen MR) is 195 cm³/mol. The number of ether oxygens (including phenoxy) is 2. The molecule has 1 aromatic heterocycles. The number of allylic oxidation sites excluding steroid dienone is 2. The minimum atomic E-state index is -3.83. The van der Waals surface area contributed by atoms with E-state index in [1.54, 1.807) is 17.2 Å². The van der Waals surface area contributed by atoms with Crippen LogP contribution in [-0.2, 0) is 33.9 Å². The van der Waals surface area contributed by atoms with Gasteiger partial charge in [0, 0.05) is 24.4 Å². The van der Waals surface area contributed by atoms with Gasteiger partial charge in [0.15, 0.2) is 5.78 Å². The number of amides is 2. The number of carbonyl (C=O) groups excluding carboxylic acids is 4. The number of cyclic esters (lactones) is 1. The molecule has 0 spiro atoms. The van der Waals surface area contributed by atoms with E-state index >= 15 is 0 Å². The van der Waals surface area contributed by atoms with Crippen molar-refractivity contribution in [3.05, 3.63) is 54.8 Å². The average molecular weight is 732 g/mol. The summed E-state index contributed by atoms with van der Waals surface area (Å²) in [4.78, 5) is 62.3. The van der Waals surface area contributed by atoms with E-state index in [9.17, 15) is 27.6 Å². The van der Waals surface area contributed by atoms with Crippen molar-refractivity contribution in [2.45, 2.75) is 101 Å². The summed E-state index contributed by atoms with van der Waals surface area (Å²) in [5.41, 5.74) is -0.304. The quantitative estimate of drug-likeness (QED) is 0.274. The molecule has 0 unspecified atom stereocenters. The number of nitrogens with one attached hydrogen (secondary N) is 1. The molecule has 2 aromatic rings. The molecule has 7 rings (SSSR count). The lowest BCUT2D eigenvalue weighted by Gasteiger charge is -2.34. The third-order valence-electron chi connectivity index (χ3n) is 11.8. The van der Waals surface area contributed by atoms with E-state index in [-0.39, 0.29) is 61.9 Å². The predicted octanol–water partition coefficient (Wildman–Crippen LogP) is 5.53. The van der Waals surface area contributed by atoms with E-state index < -0.39 is 50.6 Å². The van der Waals surface area contributed by atoms with Crippen molar-refractivity contribution in [1.29, 1.82) is 0 Å². The number of hydrogen-bond donors (Lipinski definition) is 1. The van der Waals surface area contributed by atoms with Crippen molar-refractivity contribution in [2.24, 2.45) is 29.1 Å². The molecule has 1 saturated heterocycles. The van der Waals surface area contributed by atoms with E-state index in [4.69, 9.17) is 9.47 Å². The first kappa shape index (κ1) is 36.3. The summed E-state index contributed by atoms with van der Waals surface area (Å²) >= 11 is 0. The van der Waals surface area contributed by atoms with E-state index in [0.717, 1.165) is 48.4 Å². The Balaban J connectivity index is 1.22. The first-order valence-electron chi connectivity index (χ1n) is 18.9. The zero-order chi connectivity index (χ0) is 36.6. The number of Topliss-reactive ketones (excluding diaryl/α,β-unsaturated/α-hetero) is 1. The largest absolute Gasteiger partial charge is 0.472 e. The smallest absolute Gasteiger partial charge is 0.306 e. The molecule has 5 aliphatic rings. The Hall–Kier alpha value is -4.06. The van der Waals surface area contributed by atoms with E-state index in [2.05, 4.69) is 22.4 Å². The number of pyridine rings is 1. The molecule has 6 atom stereocenters. The summed E-state index contributed by atoms with van der Waals surface area (Å²) in [7, 11) is -3.83. The van der Waals surface area contributed by atoms with Crippen LogP contribution >= 0.6 is 0 Å². The highest BCUT2D eigenvalue weighted by Crippen LogP contribution is 2.57. The first-order valence-corrected chi connectivity index (χ1v) is 20.4. The Labute approximate surface area is 305 Å². The second-order valence-corrected chi connectivity index (χ2v) is 17.7. The van der Waals surface area contributed by atoms with Gasteiger partial charge in [-0.05, 0) is 79.4 Å². The maximum atomic E-state index is 14.8. The summed E-state index contributed by atoms with van der Waals surface area (Å²) in [6, 6.07) is 6.98. The Kier molecular flexibility index (Phi) is 10.3. The Morgan fingerprint density at radius 3 is 2.63 bits per heavy atom. The number of carbonyl (C=O) groups is 4. The molecule has 4 bridgehead atoms. The molecule has 2 amide bonds. The first-order chi connectivity index (χ1) is 25.0. The molecule has 1 aromatic carbocycles. The molecule has 278 valence electrons. The molecule has 12 heteroatoms. The lowest BCUT2D eigenvalue weighted by molar-refractivity contribution is -0.153. The summed E-state index contributed by atoms with van der Waals surface area (Å²) in [6.45, 7) is 6.18. The van der Waals surface area contributed by atoms with Crippen LogP contribution in [0, 0.1) is 29.1 Å². The number of nitrogens with zero attached hydrogens (tertiary/aromatic N) is 2. The van der Waals surface area contributed by atoms with Crippen LogP contribution in [0.1, 0.15) is 89.5 Å². The van der Waals surface area contributed by atoms with Crippen LogP contribution < -0.4 is 9.46 Å². The standard InChI is InChI=1S/C40H49N3O8S/c1-3-29-21-40(29,39(47)42-52(48,49)31-14-15-31)22-35(44)34-19-30-23-43(34)38(46)33(27-10-5-4-6-11-27)20-36(45)50-24-25(2)8-7-9-26-12-13-28-16-17-41-37(51-30)32(28)18-26/h3,7,9,12-13,16-18,25,27,29-31,33-34H,1,4-6,8,10-11,14-15,19-24H2,2H3,(H,42,47)/b9-7+/t25-,29+,30+,33-,34-,40+/m0/s1. The van der Waals surface area contributed by atoms with Crippen molar-refractivity contribution in [2.75, 3.05) is 13.2 Å². The monoisotopic (exact) mass is 731 g/mol. The highest BCUT2D eigenvalue weighted by Gasteiger charge is 2.61. The highest BCUT2D eigenvalue weighted by molar-refractivity contribution is 7.90. The molecule has 3 saturated carbocycles. The molecule has 0 radical (unpaired) electrons. The number of hydrogen-bond acceptors (Lipinski definition) is 9. The van der Waals surface area contributed by atoms with Crippen molar-refractivity contribution < 1.29 is 37.1 Å². The summed E-state index contributed by atoms with van der Waals surface area (Å²) in [6.07, 6.45) is 13.2. The van der Waals surface area contributed by atoms with Gasteiger partial charge < -0.3 is 14.4 Å². The van der Waals surface area contributed by atoms with Crippen LogP contribution in [0.3, 0.4) is 0 Å². The summed E-state index contributed by atoms with van der Waals surface area (Å²) in [5.74, 6) is -2.37. The fraction of sp³-hybridized carbons (Fsp3) is 0.575. The molecule has 1 N–H and O–H groups in total. The Morgan fingerprint density at radius 1 is 1.12 bits per heavy atom. The maximum Gasteiger partial charge on any atom is 0.306 e. The molecular formula is C40H49N3O8S. The number of rotatable bonds is 8. The fourth-order valence-corrected chi connectivity index (χ4v) is 9.82. The number of esters is 1. The molecular weight excluding hydrogens is 683 g/mol. The molecule has 11 nitrogen and oxygen atoms in total. The number of fused-ring (bicyclic) bond motifs is 3. The van der Waals surface area contributed by atoms with Gasteiger partial charge in [0.1, 0.15) is 6.10 Å². The van der Waals surface area contributed by atoms with Crippen molar-refractivity contribution in [3.8, 4) is 5.88 Å². The van der Waals surface area contributed by atoms with Crippen molar-refractivity contribution in [1.82, 2.24) is 14.6 Å². The van der Waals surface area contributed by atoms with Crippen LogP contribution in [0.15, 0.2) is 49.2 Å². The van der Waals surface area contributed by atoms with Crippen LogP contribution in [0.25, 0.3) is 16.8 Å². The molecule has 4 fully saturated rings. The third-order valence-corrected chi connectivity index (χ3v) is 13.6. The van der Waals surface area contributed by atoms with Gasteiger partial charge in [0.2, 0.25) is 27.7 Å². The number of ketones is 1. The zero-order valence-electron chi connectivity index (χ0n) is 29.8. The highest BCUT2D eigenvalue weighted by atomic mass is 32.2. The normalized spacial score (nSPS) is 30.9. The molecule has 3 heterocycles. The lowest BCUT2D eigenvalue weighted by atomic mass is 9.77. The van der Waals surface area contributed by atoms with Gasteiger partial charge in [-0.3, -0.25) is 23.9 Å². The fourth-order valence-electron chi connectivity index (χ4n) is 8.44. The van der Waals surface area contributed by atoms with Crippen LogP contribution in [0.5, 0.6) is 5.88 Å². The van der Waals surface area contributed by atoms with Crippen LogP contribution in [0.2, 0.25) is 0 Å². The van der Waals surface area contributed by atoms with E-state index in [1.165, 1.54) is 0 Å². The average Bonchev–Trinajstić information content (AvgIpc) is 4.06. The SMILES string of the molecule is C=C[C@@H]1C[C@]1(CC(=O)[C@@H]1C[C@@H]2CN1C(=O)[C@H](C1CCCCC1)CC(=O)OC[C@@H](C)C/C=C/c1ccc3ccnc(c3c1)O2)C(=O)NS(=O)(=O)C1CC1. The zero-order valence-corrected chi connectivity index (χ0v) is 30.7. The van der Waals surface area contributed by atoms with Gasteiger partial charge in [0.25, 0.3) is 0 Å². The Morgan fingerprint density at radius 2 is 1.90 bits per heavy atom. The van der Waals surface area contributed by atoms with E-state index in [0.29, 0.717) is 31.6 Å². The molecule has 2 aliphatic heterocycles. The third kappa shape index (κ3) is 7.68. The topological polar surface area (TPSA) is 149 Å². The molecule has 52 heavy (non-hydrogen) atoms. The number of aromatic nitrogens is 1. The van der Waals surface area contributed by atoms with Crippen LogP contribution in [0.4, 0.5) is 0 Å². The van der Waals surface area contributed by atoms with Gasteiger partial charge in [0.05, 0.1) is 42.2 Å². The number of benzene rings is 1. The van der Waals surface area contributed by atoms with Gasteiger partial charge in [-0.25, -0.2) is 13.4 Å². The van der Waals surface area contributed by atoms with Crippen molar-refractivity contribution in [3.63, 3.8) is 0 Å². The lowest BCUT2D eigenvalue weighted by Crippen LogP contribution is -2.48. The minimum absolute atomic E-state index is 0.0352. The summed E-state index contributed by atoms with van der Waals surface area (Å²) in [5, 5.41) is 1.15. The maximum absolute atomic E-state index is 14.8. The van der Waals surface area contributed by atoms with Gasteiger partial charge in [-0.1, -0.05) is 56.5 Å². The summed E-state index contributed by atoms with van der Waals surface area (Å²) < 4.78 is 40.0. The minimum Gasteiger partial charge on any atom is -0.472 e. The van der Waals surface area contributed by atoms with E-state index in [1.807, 2.05) is 37.3 Å². The second-order valence-electron chi connectivity index (χ2n) is 15.7. The Bertz CT molecular complexity index is 1880. The second kappa shape index (κ2) is 14.8.